The number of nitrogens with zero attached hydrogens (tertiary/aromatic N) is 1. The molecule has 0 aliphatic carbocycles. The fraction of sp³-hybridized carbons (Fsp3) is 0.333. The molecule has 2 aromatic rings. The molecule has 22 heavy (non-hydrogen) atoms. The molecule has 0 atom stereocenters. The Morgan fingerprint density at radius 3 is 2.36 bits per heavy atom. The molecule has 0 aliphatic rings. The predicted octanol–water partition coefficient (Wildman–Crippen LogP) is 3.28. The first-order valence-corrected chi connectivity index (χ1v) is 6.66. The molecule has 7 heteroatoms. The zero-order valence-corrected chi connectivity index (χ0v) is 12.1. The topological polar surface area (TPSA) is 55.1 Å². The van der Waals surface area contributed by atoms with E-state index in [1.54, 1.807) is 6.92 Å². The number of halogens is 3. The van der Waals surface area contributed by atoms with Crippen LogP contribution in [0.4, 0.5) is 13.2 Å². The van der Waals surface area contributed by atoms with E-state index < -0.39 is 17.6 Å². The molecule has 1 aromatic carbocycles. The highest BCUT2D eigenvalue weighted by molar-refractivity contribution is 5.94. The molecule has 0 unspecified atom stereocenters. The average molecular weight is 312 g/mol. The SMILES string of the molecule is Cc1nc(C)c(CCNC(=O)c2ccc(C(F)(F)F)cc2)o1. The highest BCUT2D eigenvalue weighted by Crippen LogP contribution is 2.29. The van der Waals surface area contributed by atoms with Crippen molar-refractivity contribution in [1.29, 1.82) is 0 Å². The highest BCUT2D eigenvalue weighted by Gasteiger charge is 2.30. The van der Waals surface area contributed by atoms with Crippen LogP contribution >= 0.6 is 0 Å². The van der Waals surface area contributed by atoms with Crippen LogP contribution < -0.4 is 5.32 Å². The van der Waals surface area contributed by atoms with Gasteiger partial charge in [-0.15, -0.1) is 0 Å². The van der Waals surface area contributed by atoms with Crippen LogP contribution in [0.2, 0.25) is 0 Å². The van der Waals surface area contributed by atoms with Gasteiger partial charge in [0.25, 0.3) is 5.91 Å². The Morgan fingerprint density at radius 1 is 1.23 bits per heavy atom. The molecule has 0 radical (unpaired) electrons. The van der Waals surface area contributed by atoms with Gasteiger partial charge in [0, 0.05) is 25.5 Å². The van der Waals surface area contributed by atoms with Gasteiger partial charge in [-0.1, -0.05) is 0 Å². The first kappa shape index (κ1) is 16.1. The minimum atomic E-state index is -4.41. The van der Waals surface area contributed by atoms with Crippen molar-refractivity contribution >= 4 is 5.91 Å². The fourth-order valence-electron chi connectivity index (χ4n) is 2.01. The Hall–Kier alpha value is -2.31. The van der Waals surface area contributed by atoms with Gasteiger partial charge in [-0.05, 0) is 31.2 Å². The standard InChI is InChI=1S/C15H15F3N2O2/c1-9-13(22-10(2)20-9)7-8-19-14(21)11-3-5-12(6-4-11)15(16,17)18/h3-6H,7-8H2,1-2H3,(H,19,21). The van der Waals surface area contributed by atoms with Crippen LogP contribution in [0.5, 0.6) is 0 Å². The van der Waals surface area contributed by atoms with E-state index in [2.05, 4.69) is 10.3 Å². The third-order valence-electron chi connectivity index (χ3n) is 3.11. The predicted molar refractivity (Wildman–Crippen MR) is 73.5 cm³/mol. The highest BCUT2D eigenvalue weighted by atomic mass is 19.4. The van der Waals surface area contributed by atoms with Gasteiger partial charge in [0.1, 0.15) is 5.76 Å². The van der Waals surface area contributed by atoms with Gasteiger partial charge in [-0.25, -0.2) is 4.98 Å². The van der Waals surface area contributed by atoms with Crippen molar-refractivity contribution in [2.24, 2.45) is 0 Å². The van der Waals surface area contributed by atoms with Crippen LogP contribution in [-0.4, -0.2) is 17.4 Å². The lowest BCUT2D eigenvalue weighted by Gasteiger charge is -2.08. The summed E-state index contributed by atoms with van der Waals surface area (Å²) >= 11 is 0. The number of amides is 1. The number of rotatable bonds is 4. The summed E-state index contributed by atoms with van der Waals surface area (Å²) < 4.78 is 42.7. The summed E-state index contributed by atoms with van der Waals surface area (Å²) in [6.07, 6.45) is -3.93. The summed E-state index contributed by atoms with van der Waals surface area (Å²) in [6.45, 7) is 3.86. The Balaban J connectivity index is 1.91. The third kappa shape index (κ3) is 3.87. The van der Waals surface area contributed by atoms with E-state index in [1.165, 1.54) is 0 Å². The molecule has 1 N–H and O–H groups in total. The van der Waals surface area contributed by atoms with Crippen molar-refractivity contribution in [1.82, 2.24) is 10.3 Å². The molecule has 0 fully saturated rings. The monoisotopic (exact) mass is 312 g/mol. The number of carbonyl (C=O) groups is 1. The number of hydrogen-bond acceptors (Lipinski definition) is 3. The first-order chi connectivity index (χ1) is 10.3. The normalized spacial score (nSPS) is 11.5. The van der Waals surface area contributed by atoms with Crippen LogP contribution in [-0.2, 0) is 12.6 Å². The van der Waals surface area contributed by atoms with E-state index in [0.717, 1.165) is 30.0 Å². The van der Waals surface area contributed by atoms with Crippen molar-refractivity contribution in [3.05, 3.63) is 52.7 Å². The van der Waals surface area contributed by atoms with Crippen molar-refractivity contribution in [3.8, 4) is 0 Å². The summed E-state index contributed by atoms with van der Waals surface area (Å²) in [5.41, 5.74) is 0.163. The van der Waals surface area contributed by atoms with E-state index in [9.17, 15) is 18.0 Å². The number of oxazole rings is 1. The van der Waals surface area contributed by atoms with Gasteiger partial charge >= 0.3 is 6.18 Å². The lowest BCUT2D eigenvalue weighted by molar-refractivity contribution is -0.137. The quantitative estimate of drug-likeness (QED) is 0.942. The largest absolute Gasteiger partial charge is 0.446 e. The second kappa shape index (κ2) is 6.21. The molecule has 0 spiro atoms. The first-order valence-electron chi connectivity index (χ1n) is 6.66. The number of aryl methyl sites for hydroxylation is 2. The maximum Gasteiger partial charge on any atom is 0.416 e. The van der Waals surface area contributed by atoms with Gasteiger partial charge in [-0.2, -0.15) is 13.2 Å². The number of aromatic nitrogens is 1. The molecule has 0 saturated carbocycles. The van der Waals surface area contributed by atoms with Gasteiger partial charge in [-0.3, -0.25) is 4.79 Å². The number of alkyl halides is 3. The molecule has 0 saturated heterocycles. The Bertz CT molecular complexity index is 660. The molecule has 0 bridgehead atoms. The molecular weight excluding hydrogens is 297 g/mol. The zero-order chi connectivity index (χ0) is 16.3. The Kier molecular flexibility index (Phi) is 4.54. The number of hydrogen-bond donors (Lipinski definition) is 1. The van der Waals surface area contributed by atoms with Gasteiger partial charge < -0.3 is 9.73 Å². The summed E-state index contributed by atoms with van der Waals surface area (Å²) in [5.74, 6) is 0.814. The fourth-order valence-corrected chi connectivity index (χ4v) is 2.01. The number of benzene rings is 1. The minimum absolute atomic E-state index is 0.179. The third-order valence-corrected chi connectivity index (χ3v) is 3.11. The van der Waals surface area contributed by atoms with Crippen molar-refractivity contribution in [3.63, 3.8) is 0 Å². The van der Waals surface area contributed by atoms with Crippen LogP contribution in [0.3, 0.4) is 0 Å². The van der Waals surface area contributed by atoms with Gasteiger partial charge in [0.05, 0.1) is 11.3 Å². The van der Waals surface area contributed by atoms with Gasteiger partial charge in [0.2, 0.25) is 0 Å². The molecule has 4 nitrogen and oxygen atoms in total. The van der Waals surface area contributed by atoms with Crippen LogP contribution in [0, 0.1) is 13.8 Å². The maximum atomic E-state index is 12.4. The van der Waals surface area contributed by atoms with Gasteiger partial charge in [0.15, 0.2) is 5.89 Å². The molecule has 1 heterocycles. The van der Waals surface area contributed by atoms with E-state index in [0.29, 0.717) is 24.6 Å². The zero-order valence-electron chi connectivity index (χ0n) is 12.1. The lowest BCUT2D eigenvalue weighted by Crippen LogP contribution is -2.25. The van der Waals surface area contributed by atoms with E-state index in [1.807, 2.05) is 6.92 Å². The number of carbonyl (C=O) groups excluding carboxylic acids is 1. The van der Waals surface area contributed by atoms with Crippen LogP contribution in [0.25, 0.3) is 0 Å². The molecule has 2 rings (SSSR count). The van der Waals surface area contributed by atoms with E-state index >= 15 is 0 Å². The lowest BCUT2D eigenvalue weighted by atomic mass is 10.1. The Morgan fingerprint density at radius 2 is 1.86 bits per heavy atom. The Labute approximate surface area is 125 Å². The summed E-state index contributed by atoms with van der Waals surface area (Å²) in [7, 11) is 0. The van der Waals surface area contributed by atoms with Crippen LogP contribution in [0.15, 0.2) is 28.7 Å². The average Bonchev–Trinajstić information content (AvgIpc) is 2.76. The minimum Gasteiger partial charge on any atom is -0.446 e. The van der Waals surface area contributed by atoms with E-state index in [4.69, 9.17) is 4.42 Å². The number of nitrogens with one attached hydrogen (secondary N) is 1. The second-order valence-corrected chi connectivity index (χ2v) is 4.82. The van der Waals surface area contributed by atoms with Crippen molar-refractivity contribution < 1.29 is 22.4 Å². The molecule has 0 aliphatic heterocycles. The molecular formula is C15H15F3N2O2. The molecule has 1 amide bonds. The molecule has 1 aromatic heterocycles. The van der Waals surface area contributed by atoms with Crippen molar-refractivity contribution in [2.75, 3.05) is 6.54 Å². The smallest absolute Gasteiger partial charge is 0.416 e. The maximum absolute atomic E-state index is 12.4. The van der Waals surface area contributed by atoms with Crippen molar-refractivity contribution in [2.45, 2.75) is 26.4 Å². The molecule has 118 valence electrons. The van der Waals surface area contributed by atoms with E-state index in [-0.39, 0.29) is 5.56 Å². The van der Waals surface area contributed by atoms with Crippen LogP contribution in [0.1, 0.15) is 33.3 Å². The summed E-state index contributed by atoms with van der Waals surface area (Å²) in [5, 5.41) is 2.63. The second-order valence-electron chi connectivity index (χ2n) is 4.82. The summed E-state index contributed by atoms with van der Waals surface area (Å²) in [6, 6.07) is 4.09. The summed E-state index contributed by atoms with van der Waals surface area (Å²) in [4.78, 5) is 16.0.